The number of nitrogens with zero attached hydrogens (tertiary/aromatic N) is 2. The van der Waals surface area contributed by atoms with Gasteiger partial charge < -0.3 is 10.2 Å². The zero-order valence-corrected chi connectivity index (χ0v) is 10.4. The van der Waals surface area contributed by atoms with Crippen LogP contribution in [0.4, 0.5) is 0 Å². The van der Waals surface area contributed by atoms with Gasteiger partial charge in [-0.25, -0.2) is 0 Å². The van der Waals surface area contributed by atoms with Gasteiger partial charge in [-0.1, -0.05) is 6.92 Å². The van der Waals surface area contributed by atoms with Gasteiger partial charge in [0.15, 0.2) is 0 Å². The lowest BCUT2D eigenvalue weighted by Gasteiger charge is -2.40. The van der Waals surface area contributed by atoms with Crippen LogP contribution in [0.1, 0.15) is 19.8 Å². The van der Waals surface area contributed by atoms with Crippen LogP contribution in [0.5, 0.6) is 0 Å². The normalized spacial score (nSPS) is 32.0. The standard InChI is InChI=1S/C12H23N3O/c1-3-11-9-15(7-6-14(11)2)12(16)10-4-5-13-8-10/h10-11,13H,3-9H2,1-2H3. The SMILES string of the molecule is CCC1CN(C(=O)C2CCNC2)CCN1C. The number of amides is 1. The van der Waals surface area contributed by atoms with Crippen LogP contribution in [0.3, 0.4) is 0 Å². The molecule has 0 saturated carbocycles. The summed E-state index contributed by atoms with van der Waals surface area (Å²) in [6, 6.07) is 0.548. The molecule has 92 valence electrons. The van der Waals surface area contributed by atoms with Crippen molar-refractivity contribution in [2.75, 3.05) is 39.8 Å². The Morgan fingerprint density at radius 3 is 2.88 bits per heavy atom. The summed E-state index contributed by atoms with van der Waals surface area (Å²) in [5.41, 5.74) is 0. The molecular formula is C12H23N3O. The van der Waals surface area contributed by atoms with Crippen molar-refractivity contribution in [1.29, 1.82) is 0 Å². The Bertz CT molecular complexity index is 251. The van der Waals surface area contributed by atoms with Crippen LogP contribution in [0, 0.1) is 5.92 Å². The van der Waals surface area contributed by atoms with Gasteiger partial charge in [-0.05, 0) is 26.4 Å². The zero-order chi connectivity index (χ0) is 11.5. The van der Waals surface area contributed by atoms with Crippen molar-refractivity contribution < 1.29 is 4.79 Å². The van der Waals surface area contributed by atoms with Gasteiger partial charge >= 0.3 is 0 Å². The molecule has 2 aliphatic rings. The van der Waals surface area contributed by atoms with Gasteiger partial charge in [-0.15, -0.1) is 0 Å². The van der Waals surface area contributed by atoms with E-state index in [4.69, 9.17) is 0 Å². The Morgan fingerprint density at radius 2 is 2.25 bits per heavy atom. The highest BCUT2D eigenvalue weighted by Crippen LogP contribution is 2.16. The van der Waals surface area contributed by atoms with Crippen molar-refractivity contribution in [3.63, 3.8) is 0 Å². The molecule has 2 fully saturated rings. The molecule has 0 aromatic rings. The van der Waals surface area contributed by atoms with E-state index in [0.29, 0.717) is 11.9 Å². The number of rotatable bonds is 2. The molecule has 0 radical (unpaired) electrons. The van der Waals surface area contributed by atoms with Crippen LogP contribution >= 0.6 is 0 Å². The molecule has 0 aliphatic carbocycles. The van der Waals surface area contributed by atoms with E-state index in [0.717, 1.165) is 45.6 Å². The molecule has 16 heavy (non-hydrogen) atoms. The van der Waals surface area contributed by atoms with E-state index in [-0.39, 0.29) is 5.92 Å². The minimum Gasteiger partial charge on any atom is -0.340 e. The molecule has 2 unspecified atom stereocenters. The second-order valence-corrected chi connectivity index (χ2v) is 5.02. The maximum atomic E-state index is 12.2. The van der Waals surface area contributed by atoms with Crippen molar-refractivity contribution in [2.24, 2.45) is 5.92 Å². The molecule has 2 atom stereocenters. The van der Waals surface area contributed by atoms with Crippen molar-refractivity contribution in [3.8, 4) is 0 Å². The van der Waals surface area contributed by atoms with Crippen LogP contribution in [-0.2, 0) is 4.79 Å². The second-order valence-electron chi connectivity index (χ2n) is 5.02. The number of carbonyl (C=O) groups is 1. The first-order valence-corrected chi connectivity index (χ1v) is 6.42. The van der Waals surface area contributed by atoms with Crippen molar-refractivity contribution >= 4 is 5.91 Å². The fourth-order valence-corrected chi connectivity index (χ4v) is 2.71. The van der Waals surface area contributed by atoms with Gasteiger partial charge in [-0.3, -0.25) is 9.69 Å². The van der Waals surface area contributed by atoms with Gasteiger partial charge in [0.1, 0.15) is 0 Å². The molecule has 4 heteroatoms. The lowest BCUT2D eigenvalue weighted by atomic mass is 10.0. The Balaban J connectivity index is 1.91. The van der Waals surface area contributed by atoms with Gasteiger partial charge in [-0.2, -0.15) is 0 Å². The molecule has 1 amide bonds. The third-order valence-corrected chi connectivity index (χ3v) is 3.97. The van der Waals surface area contributed by atoms with E-state index in [1.165, 1.54) is 0 Å². The summed E-state index contributed by atoms with van der Waals surface area (Å²) < 4.78 is 0. The topological polar surface area (TPSA) is 35.6 Å². The summed E-state index contributed by atoms with van der Waals surface area (Å²) >= 11 is 0. The van der Waals surface area contributed by atoms with E-state index in [1.807, 2.05) is 0 Å². The maximum absolute atomic E-state index is 12.2. The Morgan fingerprint density at radius 1 is 1.44 bits per heavy atom. The number of hydrogen-bond donors (Lipinski definition) is 1. The smallest absolute Gasteiger partial charge is 0.227 e. The van der Waals surface area contributed by atoms with Gasteiger partial charge in [0.2, 0.25) is 5.91 Å². The summed E-state index contributed by atoms with van der Waals surface area (Å²) in [5, 5.41) is 3.27. The molecular weight excluding hydrogens is 202 g/mol. The maximum Gasteiger partial charge on any atom is 0.227 e. The molecule has 0 bridgehead atoms. The average Bonchev–Trinajstić information content (AvgIpc) is 2.82. The average molecular weight is 225 g/mol. The van der Waals surface area contributed by atoms with Gasteiger partial charge in [0.05, 0.1) is 5.92 Å². The van der Waals surface area contributed by atoms with E-state index in [1.54, 1.807) is 0 Å². The quantitative estimate of drug-likeness (QED) is 0.726. The lowest BCUT2D eigenvalue weighted by molar-refractivity contribution is -0.137. The molecule has 0 aromatic heterocycles. The molecule has 0 aromatic carbocycles. The number of carbonyl (C=O) groups excluding carboxylic acids is 1. The molecule has 2 rings (SSSR count). The van der Waals surface area contributed by atoms with Crippen LogP contribution in [-0.4, -0.2) is 61.5 Å². The monoisotopic (exact) mass is 225 g/mol. The predicted octanol–water partition coefficient (Wildman–Crippen LogP) is 0.149. The van der Waals surface area contributed by atoms with Crippen LogP contribution in [0.2, 0.25) is 0 Å². The summed E-state index contributed by atoms with van der Waals surface area (Å²) in [6.07, 6.45) is 2.14. The minimum absolute atomic E-state index is 0.237. The fourth-order valence-electron chi connectivity index (χ4n) is 2.71. The second kappa shape index (κ2) is 5.15. The van der Waals surface area contributed by atoms with Gasteiger partial charge in [0, 0.05) is 32.2 Å². The van der Waals surface area contributed by atoms with Crippen LogP contribution < -0.4 is 5.32 Å². The first-order valence-electron chi connectivity index (χ1n) is 6.42. The van der Waals surface area contributed by atoms with Crippen LogP contribution in [0.25, 0.3) is 0 Å². The third-order valence-electron chi connectivity index (χ3n) is 3.97. The molecule has 2 saturated heterocycles. The predicted molar refractivity (Wildman–Crippen MR) is 64.3 cm³/mol. The van der Waals surface area contributed by atoms with Crippen molar-refractivity contribution in [1.82, 2.24) is 15.1 Å². The van der Waals surface area contributed by atoms with Crippen molar-refractivity contribution in [2.45, 2.75) is 25.8 Å². The Labute approximate surface area is 98.0 Å². The highest BCUT2D eigenvalue weighted by atomic mass is 16.2. The zero-order valence-electron chi connectivity index (χ0n) is 10.4. The van der Waals surface area contributed by atoms with Crippen molar-refractivity contribution in [3.05, 3.63) is 0 Å². The highest BCUT2D eigenvalue weighted by molar-refractivity contribution is 5.79. The van der Waals surface area contributed by atoms with Gasteiger partial charge in [0.25, 0.3) is 0 Å². The van der Waals surface area contributed by atoms with E-state index < -0.39 is 0 Å². The first-order chi connectivity index (χ1) is 7.72. The lowest BCUT2D eigenvalue weighted by Crippen LogP contribution is -2.54. The Hall–Kier alpha value is -0.610. The molecule has 2 heterocycles. The number of piperazine rings is 1. The summed E-state index contributed by atoms with van der Waals surface area (Å²) in [4.78, 5) is 16.7. The molecule has 2 aliphatic heterocycles. The van der Waals surface area contributed by atoms with E-state index in [9.17, 15) is 4.79 Å². The van der Waals surface area contributed by atoms with Crippen LogP contribution in [0.15, 0.2) is 0 Å². The summed E-state index contributed by atoms with van der Waals surface area (Å²) in [5.74, 6) is 0.609. The number of nitrogens with one attached hydrogen (secondary N) is 1. The largest absolute Gasteiger partial charge is 0.340 e. The third kappa shape index (κ3) is 2.38. The molecule has 1 N–H and O–H groups in total. The highest BCUT2D eigenvalue weighted by Gasteiger charge is 2.31. The van der Waals surface area contributed by atoms with E-state index >= 15 is 0 Å². The fraction of sp³-hybridized carbons (Fsp3) is 0.917. The van der Waals surface area contributed by atoms with E-state index in [2.05, 4.69) is 29.1 Å². The molecule has 4 nitrogen and oxygen atoms in total. The minimum atomic E-state index is 0.237. The summed E-state index contributed by atoms with van der Waals surface area (Å²) in [7, 11) is 2.16. The summed E-state index contributed by atoms with van der Waals surface area (Å²) in [6.45, 7) is 6.92. The first kappa shape index (κ1) is 11.9. The Kier molecular flexibility index (Phi) is 3.82. The number of likely N-dealkylation sites (N-methyl/N-ethyl adjacent to an activating group) is 1. The number of hydrogen-bond acceptors (Lipinski definition) is 3. The molecule has 0 spiro atoms.